The highest BCUT2D eigenvalue weighted by Crippen LogP contribution is 2.30. The van der Waals surface area contributed by atoms with Gasteiger partial charge in [0.1, 0.15) is 5.82 Å². The van der Waals surface area contributed by atoms with Gasteiger partial charge in [-0.3, -0.25) is 0 Å². The largest absolute Gasteiger partial charge is 0.507 e. The summed E-state index contributed by atoms with van der Waals surface area (Å²) < 4.78 is 7.60. The Morgan fingerprint density at radius 1 is 1.44 bits per heavy atom. The predicted octanol–water partition coefficient (Wildman–Crippen LogP) is 0.984. The van der Waals surface area contributed by atoms with Crippen LogP contribution in [0.15, 0.2) is 4.79 Å². The van der Waals surface area contributed by atoms with Crippen molar-refractivity contribution in [2.75, 3.05) is 0 Å². The van der Waals surface area contributed by atoms with Crippen molar-refractivity contribution < 1.29 is 14.6 Å². The average Bonchev–Trinajstić information content (AvgIpc) is 3.05. The van der Waals surface area contributed by atoms with E-state index in [0.29, 0.717) is 31.1 Å². The van der Waals surface area contributed by atoms with Crippen LogP contribution >= 0.6 is 0 Å². The van der Waals surface area contributed by atoms with Gasteiger partial charge < -0.3 is 9.84 Å². The van der Waals surface area contributed by atoms with Gasteiger partial charge in [-0.05, 0) is 25.2 Å². The molecule has 7 heteroatoms. The first-order valence-corrected chi connectivity index (χ1v) is 6.23. The van der Waals surface area contributed by atoms with Gasteiger partial charge in [0.05, 0.1) is 0 Å². The fraction of sp³-hybridized carbons (Fsp3) is 0.727. The smallest absolute Gasteiger partial charge is 0.450 e. The molecule has 0 bridgehead atoms. The molecule has 1 aromatic heterocycles. The van der Waals surface area contributed by atoms with Crippen molar-refractivity contribution in [2.45, 2.75) is 44.9 Å². The monoisotopic (exact) mass is 253 g/mol. The lowest BCUT2D eigenvalue weighted by Gasteiger charge is -2.21. The molecule has 0 aromatic carbocycles. The average molecular weight is 253 g/mol. The summed E-state index contributed by atoms with van der Waals surface area (Å²) in [6, 6.07) is 0. The number of aryl methyl sites for hydroxylation is 1. The maximum absolute atomic E-state index is 12.2. The van der Waals surface area contributed by atoms with E-state index in [2.05, 4.69) is 5.10 Å². The van der Waals surface area contributed by atoms with Crippen molar-refractivity contribution in [1.29, 1.82) is 0 Å². The highest BCUT2D eigenvalue weighted by atomic mass is 16.7. The molecule has 1 aliphatic carbocycles. The molecule has 1 fully saturated rings. The number of hydrogen-bond acceptors (Lipinski definition) is 4. The molecule has 1 atom stereocenters. The summed E-state index contributed by atoms with van der Waals surface area (Å²) in [6.07, 6.45) is 2.24. The van der Waals surface area contributed by atoms with E-state index >= 15 is 0 Å². The zero-order valence-corrected chi connectivity index (χ0v) is 9.91. The van der Waals surface area contributed by atoms with Crippen LogP contribution in [0, 0.1) is 5.92 Å². The summed E-state index contributed by atoms with van der Waals surface area (Å²) in [7, 11) is 0. The fourth-order valence-electron chi connectivity index (χ4n) is 2.38. The summed E-state index contributed by atoms with van der Waals surface area (Å²) in [5.74, 6) is 1.19. The molecule has 1 aliphatic heterocycles. The van der Waals surface area contributed by atoms with Crippen LogP contribution < -0.4 is 5.69 Å². The Balaban J connectivity index is 1.92. The molecule has 98 valence electrons. The predicted molar refractivity (Wildman–Crippen MR) is 60.3 cm³/mol. The van der Waals surface area contributed by atoms with Crippen molar-refractivity contribution in [2.24, 2.45) is 5.92 Å². The standard InChI is InChI=1S/C11H15N3O4/c15-10-13(6-7-4-5-7)12-8-2-1-3-9(14(8)10)18-11(16)17/h7,9H,1-6H2,(H,16,17)/t9-/m0/s1. The maximum atomic E-state index is 12.2. The van der Waals surface area contributed by atoms with Gasteiger partial charge in [-0.1, -0.05) is 0 Å². The Morgan fingerprint density at radius 2 is 2.22 bits per heavy atom. The molecule has 0 saturated heterocycles. The van der Waals surface area contributed by atoms with Gasteiger partial charge in [-0.15, -0.1) is 0 Å². The number of carboxylic acid groups (broad SMARTS) is 1. The number of hydrogen-bond donors (Lipinski definition) is 1. The summed E-state index contributed by atoms with van der Waals surface area (Å²) in [5, 5.41) is 13.0. The minimum Gasteiger partial charge on any atom is -0.450 e. The van der Waals surface area contributed by atoms with Gasteiger partial charge in [-0.25, -0.2) is 18.8 Å². The van der Waals surface area contributed by atoms with Crippen molar-refractivity contribution >= 4 is 6.16 Å². The number of fused-ring (bicyclic) bond motifs is 1. The van der Waals surface area contributed by atoms with Crippen molar-refractivity contribution in [3.8, 4) is 0 Å². The Bertz CT molecular complexity index is 529. The number of nitrogens with zero attached hydrogens (tertiary/aromatic N) is 3. The molecule has 0 radical (unpaired) electrons. The number of rotatable bonds is 3. The lowest BCUT2D eigenvalue weighted by Crippen LogP contribution is -2.33. The van der Waals surface area contributed by atoms with E-state index < -0.39 is 12.4 Å². The molecule has 2 heterocycles. The highest BCUT2D eigenvalue weighted by Gasteiger charge is 2.30. The summed E-state index contributed by atoms with van der Waals surface area (Å²) in [4.78, 5) is 22.8. The molecular weight excluding hydrogens is 238 g/mol. The van der Waals surface area contributed by atoms with Gasteiger partial charge in [0.15, 0.2) is 6.23 Å². The molecule has 1 saturated carbocycles. The molecule has 7 nitrogen and oxygen atoms in total. The van der Waals surface area contributed by atoms with E-state index in [0.717, 1.165) is 19.3 Å². The second-order valence-electron chi connectivity index (χ2n) is 4.92. The normalized spacial score (nSPS) is 22.6. The number of aromatic nitrogens is 3. The van der Waals surface area contributed by atoms with Crippen LogP contribution in [0.4, 0.5) is 4.79 Å². The minimum absolute atomic E-state index is 0.247. The first-order chi connectivity index (χ1) is 8.65. The van der Waals surface area contributed by atoms with Crippen LogP contribution in [0.3, 0.4) is 0 Å². The van der Waals surface area contributed by atoms with E-state index in [1.54, 1.807) is 0 Å². The van der Waals surface area contributed by atoms with E-state index in [1.807, 2.05) is 0 Å². The van der Waals surface area contributed by atoms with Crippen LogP contribution in [0.5, 0.6) is 0 Å². The Kier molecular flexibility index (Phi) is 2.61. The fourth-order valence-corrected chi connectivity index (χ4v) is 2.38. The molecule has 0 spiro atoms. The second kappa shape index (κ2) is 4.15. The quantitative estimate of drug-likeness (QED) is 0.811. The third-order valence-electron chi connectivity index (χ3n) is 3.45. The molecule has 0 amide bonds. The van der Waals surface area contributed by atoms with Crippen LogP contribution in [-0.2, 0) is 17.7 Å². The van der Waals surface area contributed by atoms with Gasteiger partial charge in [0, 0.05) is 19.4 Å². The Labute approximate surface area is 103 Å². The van der Waals surface area contributed by atoms with Crippen LogP contribution in [0.25, 0.3) is 0 Å². The number of carbonyl (C=O) groups is 1. The molecule has 18 heavy (non-hydrogen) atoms. The van der Waals surface area contributed by atoms with Crippen molar-refractivity contribution in [3.63, 3.8) is 0 Å². The van der Waals surface area contributed by atoms with E-state index in [1.165, 1.54) is 9.25 Å². The molecule has 3 rings (SSSR count). The van der Waals surface area contributed by atoms with Crippen molar-refractivity contribution in [1.82, 2.24) is 14.3 Å². The summed E-state index contributed by atoms with van der Waals surface area (Å²) >= 11 is 0. The Hall–Kier alpha value is -1.79. The van der Waals surface area contributed by atoms with Gasteiger partial charge in [0.2, 0.25) is 0 Å². The maximum Gasteiger partial charge on any atom is 0.507 e. The van der Waals surface area contributed by atoms with E-state index in [4.69, 9.17) is 9.84 Å². The van der Waals surface area contributed by atoms with E-state index in [9.17, 15) is 9.59 Å². The topological polar surface area (TPSA) is 86.3 Å². The zero-order chi connectivity index (χ0) is 12.7. The zero-order valence-electron chi connectivity index (χ0n) is 9.91. The highest BCUT2D eigenvalue weighted by molar-refractivity contribution is 5.56. The second-order valence-corrected chi connectivity index (χ2v) is 4.92. The summed E-state index contributed by atoms with van der Waals surface area (Å²) in [5.41, 5.74) is -0.247. The molecule has 1 aromatic rings. The van der Waals surface area contributed by atoms with Gasteiger partial charge >= 0.3 is 11.8 Å². The van der Waals surface area contributed by atoms with Crippen LogP contribution in [0.2, 0.25) is 0 Å². The van der Waals surface area contributed by atoms with Gasteiger partial charge in [-0.2, -0.15) is 5.10 Å². The van der Waals surface area contributed by atoms with E-state index in [-0.39, 0.29) is 5.69 Å². The summed E-state index contributed by atoms with van der Waals surface area (Å²) in [6.45, 7) is 0.638. The molecule has 2 aliphatic rings. The minimum atomic E-state index is -1.35. The lowest BCUT2D eigenvalue weighted by molar-refractivity contribution is 0.00389. The third-order valence-corrected chi connectivity index (χ3v) is 3.45. The first-order valence-electron chi connectivity index (χ1n) is 6.23. The molecule has 1 N–H and O–H groups in total. The molecular formula is C11H15N3O4. The van der Waals surface area contributed by atoms with Gasteiger partial charge in [0.25, 0.3) is 0 Å². The SMILES string of the molecule is O=C(O)O[C@H]1CCCc2nn(CC3CC3)c(=O)n21. The molecule has 0 unspecified atom stereocenters. The third kappa shape index (κ3) is 2.00. The van der Waals surface area contributed by atoms with Crippen LogP contribution in [-0.4, -0.2) is 25.6 Å². The Morgan fingerprint density at radius 3 is 2.89 bits per heavy atom. The van der Waals surface area contributed by atoms with Crippen LogP contribution in [0.1, 0.15) is 37.7 Å². The number of ether oxygens (including phenoxy) is 1. The lowest BCUT2D eigenvalue weighted by atomic mass is 10.1. The van der Waals surface area contributed by atoms with Crippen molar-refractivity contribution in [3.05, 3.63) is 16.3 Å². The first kappa shape index (κ1) is 11.3.